The van der Waals surface area contributed by atoms with E-state index in [1.165, 1.54) is 12.3 Å². The van der Waals surface area contributed by atoms with E-state index in [-0.39, 0.29) is 12.3 Å². The molecule has 0 spiro atoms. The molecule has 0 bridgehead atoms. The van der Waals surface area contributed by atoms with Gasteiger partial charge in [-0.2, -0.15) is 0 Å². The quantitative estimate of drug-likeness (QED) is 0.593. The summed E-state index contributed by atoms with van der Waals surface area (Å²) in [6.45, 7) is 0.869. The van der Waals surface area contributed by atoms with Crippen LogP contribution in [0.5, 0.6) is 0 Å². The number of nitrogens with one attached hydrogen (secondary N) is 1. The molecule has 0 unspecified atom stereocenters. The van der Waals surface area contributed by atoms with Crippen molar-refractivity contribution in [3.05, 3.63) is 18.0 Å². The van der Waals surface area contributed by atoms with Gasteiger partial charge in [-0.25, -0.2) is 14.8 Å². The zero-order valence-electron chi connectivity index (χ0n) is 8.89. The van der Waals surface area contributed by atoms with E-state index in [2.05, 4.69) is 15.3 Å². The fraction of sp³-hybridized carbons (Fsp3) is 0.500. The van der Waals surface area contributed by atoms with Crippen molar-refractivity contribution in [3.8, 4) is 0 Å². The van der Waals surface area contributed by atoms with Gasteiger partial charge in [-0.15, -0.1) is 0 Å². The Hall–Kier alpha value is -1.69. The molecule has 1 rings (SSSR count). The van der Waals surface area contributed by atoms with Gasteiger partial charge in [0.2, 0.25) is 5.95 Å². The van der Waals surface area contributed by atoms with Crippen molar-refractivity contribution < 1.29 is 15.0 Å². The van der Waals surface area contributed by atoms with Crippen LogP contribution < -0.4 is 5.32 Å². The van der Waals surface area contributed by atoms with E-state index in [4.69, 9.17) is 10.2 Å². The minimum atomic E-state index is -1.06. The van der Waals surface area contributed by atoms with Gasteiger partial charge >= 0.3 is 5.97 Å². The van der Waals surface area contributed by atoms with Crippen molar-refractivity contribution in [2.45, 2.75) is 19.3 Å². The smallest absolute Gasteiger partial charge is 0.354 e. The average Bonchev–Trinajstić information content (AvgIpc) is 2.29. The van der Waals surface area contributed by atoms with Gasteiger partial charge in [0.05, 0.1) is 0 Å². The number of rotatable bonds is 7. The second-order valence-electron chi connectivity index (χ2n) is 3.28. The van der Waals surface area contributed by atoms with Crippen molar-refractivity contribution in [3.63, 3.8) is 0 Å². The molecule has 88 valence electrons. The highest BCUT2D eigenvalue weighted by Gasteiger charge is 2.05. The molecule has 6 nitrogen and oxygen atoms in total. The van der Waals surface area contributed by atoms with Crippen LogP contribution in [0.4, 0.5) is 5.95 Å². The summed E-state index contributed by atoms with van der Waals surface area (Å²) in [6, 6.07) is 1.35. The van der Waals surface area contributed by atoms with Crippen LogP contribution in [-0.2, 0) is 0 Å². The third-order valence-electron chi connectivity index (χ3n) is 1.99. The van der Waals surface area contributed by atoms with Gasteiger partial charge in [-0.1, -0.05) is 0 Å². The SMILES string of the molecule is O=C(O)c1ccnc(NCCCCCO)n1. The summed E-state index contributed by atoms with van der Waals surface area (Å²) in [6.07, 6.45) is 3.99. The van der Waals surface area contributed by atoms with Gasteiger partial charge in [-0.3, -0.25) is 0 Å². The van der Waals surface area contributed by atoms with E-state index in [0.29, 0.717) is 12.5 Å². The molecule has 3 N–H and O–H groups in total. The number of aromatic carboxylic acids is 1. The number of unbranched alkanes of at least 4 members (excludes halogenated alkanes) is 2. The molecule has 6 heteroatoms. The van der Waals surface area contributed by atoms with E-state index >= 15 is 0 Å². The van der Waals surface area contributed by atoms with Crippen LogP contribution in [0.15, 0.2) is 12.3 Å². The van der Waals surface area contributed by atoms with E-state index in [9.17, 15) is 4.79 Å². The summed E-state index contributed by atoms with van der Waals surface area (Å²) in [7, 11) is 0. The molecule has 0 aromatic carbocycles. The maximum absolute atomic E-state index is 10.6. The molecule has 0 amide bonds. The number of nitrogens with zero attached hydrogens (tertiary/aromatic N) is 2. The number of aromatic nitrogens is 2. The lowest BCUT2D eigenvalue weighted by Crippen LogP contribution is -2.08. The van der Waals surface area contributed by atoms with Crippen LogP contribution in [0, 0.1) is 0 Å². The zero-order valence-corrected chi connectivity index (χ0v) is 8.89. The van der Waals surface area contributed by atoms with Gasteiger partial charge in [0, 0.05) is 19.3 Å². The monoisotopic (exact) mass is 225 g/mol. The van der Waals surface area contributed by atoms with E-state index < -0.39 is 5.97 Å². The van der Waals surface area contributed by atoms with Crippen LogP contribution in [0.1, 0.15) is 29.8 Å². The Kier molecular flexibility index (Phi) is 5.21. The Labute approximate surface area is 93.4 Å². The third-order valence-corrected chi connectivity index (χ3v) is 1.99. The molecular weight excluding hydrogens is 210 g/mol. The highest BCUT2D eigenvalue weighted by molar-refractivity contribution is 5.85. The number of carboxylic acids is 1. The van der Waals surface area contributed by atoms with Crippen LogP contribution in [0.25, 0.3) is 0 Å². The summed E-state index contributed by atoms with van der Waals surface area (Å²) in [5.74, 6) is -0.741. The van der Waals surface area contributed by atoms with Crippen molar-refractivity contribution in [1.82, 2.24) is 9.97 Å². The summed E-state index contributed by atoms with van der Waals surface area (Å²) in [5.41, 5.74) is -0.0205. The van der Waals surface area contributed by atoms with Crippen LogP contribution in [0.2, 0.25) is 0 Å². The fourth-order valence-electron chi connectivity index (χ4n) is 1.18. The maximum atomic E-state index is 10.6. The number of carboxylic acid groups (broad SMARTS) is 1. The number of hydrogen-bond donors (Lipinski definition) is 3. The van der Waals surface area contributed by atoms with Gasteiger partial charge in [0.25, 0.3) is 0 Å². The molecular formula is C10H15N3O3. The van der Waals surface area contributed by atoms with Gasteiger partial charge in [0.1, 0.15) is 0 Å². The topological polar surface area (TPSA) is 95.3 Å². The number of hydrogen-bond acceptors (Lipinski definition) is 5. The largest absolute Gasteiger partial charge is 0.477 e. The Morgan fingerprint density at radius 1 is 1.38 bits per heavy atom. The van der Waals surface area contributed by atoms with Crippen LogP contribution in [0.3, 0.4) is 0 Å². The summed E-state index contributed by atoms with van der Waals surface area (Å²) < 4.78 is 0. The normalized spacial score (nSPS) is 10.1. The Bertz CT molecular complexity index is 344. The third kappa shape index (κ3) is 4.22. The van der Waals surface area contributed by atoms with E-state index in [1.54, 1.807) is 0 Å². The predicted molar refractivity (Wildman–Crippen MR) is 58.4 cm³/mol. The second-order valence-corrected chi connectivity index (χ2v) is 3.28. The van der Waals surface area contributed by atoms with Crippen molar-refractivity contribution in [1.29, 1.82) is 0 Å². The molecule has 0 saturated heterocycles. The molecule has 0 radical (unpaired) electrons. The molecule has 1 aromatic rings. The molecule has 1 aromatic heterocycles. The van der Waals surface area contributed by atoms with Gasteiger partial charge in [-0.05, 0) is 25.3 Å². The lowest BCUT2D eigenvalue weighted by molar-refractivity contribution is 0.0690. The van der Waals surface area contributed by atoms with Crippen molar-refractivity contribution >= 4 is 11.9 Å². The van der Waals surface area contributed by atoms with Gasteiger partial charge < -0.3 is 15.5 Å². The van der Waals surface area contributed by atoms with Crippen molar-refractivity contribution in [2.75, 3.05) is 18.5 Å². The van der Waals surface area contributed by atoms with E-state index in [0.717, 1.165) is 19.3 Å². The molecule has 0 atom stereocenters. The second kappa shape index (κ2) is 6.73. The minimum Gasteiger partial charge on any atom is -0.477 e. The standard InChI is InChI=1S/C10H15N3O3/c14-7-3-1-2-5-11-10-12-6-4-8(13-10)9(15)16/h4,6,14H,1-3,5,7H2,(H,15,16)(H,11,12,13). The summed E-state index contributed by atoms with van der Waals surface area (Å²) in [5, 5.41) is 20.2. The summed E-state index contributed by atoms with van der Waals surface area (Å²) >= 11 is 0. The average molecular weight is 225 g/mol. The molecule has 0 aliphatic rings. The van der Waals surface area contributed by atoms with Crippen LogP contribution in [-0.4, -0.2) is 39.3 Å². The molecule has 1 heterocycles. The Balaban J connectivity index is 2.36. The van der Waals surface area contributed by atoms with E-state index in [1.807, 2.05) is 0 Å². The number of anilines is 1. The highest BCUT2D eigenvalue weighted by atomic mass is 16.4. The van der Waals surface area contributed by atoms with Crippen LogP contribution >= 0.6 is 0 Å². The minimum absolute atomic E-state index is 0.0205. The predicted octanol–water partition coefficient (Wildman–Crippen LogP) is 0.749. The molecule has 0 aliphatic heterocycles. The first kappa shape index (κ1) is 12.4. The number of carbonyl (C=O) groups is 1. The lowest BCUT2D eigenvalue weighted by atomic mass is 10.2. The first-order chi connectivity index (χ1) is 7.74. The zero-order chi connectivity index (χ0) is 11.8. The Morgan fingerprint density at radius 2 is 2.19 bits per heavy atom. The van der Waals surface area contributed by atoms with Gasteiger partial charge in [0.15, 0.2) is 5.69 Å². The highest BCUT2D eigenvalue weighted by Crippen LogP contribution is 2.01. The first-order valence-corrected chi connectivity index (χ1v) is 5.15. The first-order valence-electron chi connectivity index (χ1n) is 5.15. The maximum Gasteiger partial charge on any atom is 0.354 e. The lowest BCUT2D eigenvalue weighted by Gasteiger charge is -2.04. The molecule has 0 aliphatic carbocycles. The molecule has 0 saturated carbocycles. The number of aliphatic hydroxyl groups excluding tert-OH is 1. The molecule has 0 fully saturated rings. The Morgan fingerprint density at radius 3 is 2.88 bits per heavy atom. The number of aliphatic hydroxyl groups is 1. The fourth-order valence-corrected chi connectivity index (χ4v) is 1.18. The summed E-state index contributed by atoms with van der Waals surface area (Å²) in [4.78, 5) is 18.3. The molecule has 16 heavy (non-hydrogen) atoms. The van der Waals surface area contributed by atoms with Crippen molar-refractivity contribution in [2.24, 2.45) is 0 Å².